The summed E-state index contributed by atoms with van der Waals surface area (Å²) < 4.78 is 19.1. The lowest BCUT2D eigenvalue weighted by atomic mass is 10.2. The fourth-order valence-electron chi connectivity index (χ4n) is 1.84. The number of primary amides is 1. The molecule has 1 saturated heterocycles. The van der Waals surface area contributed by atoms with Gasteiger partial charge in [-0.2, -0.15) is 0 Å². The Morgan fingerprint density at radius 1 is 1.58 bits per heavy atom. The van der Waals surface area contributed by atoms with Crippen LogP contribution >= 0.6 is 22.6 Å². The highest BCUT2D eigenvalue weighted by molar-refractivity contribution is 14.1. The molecule has 0 radical (unpaired) electrons. The van der Waals surface area contributed by atoms with E-state index in [1.807, 2.05) is 22.6 Å². The Morgan fingerprint density at radius 2 is 2.32 bits per heavy atom. The highest BCUT2D eigenvalue weighted by atomic mass is 127. The Balaban J connectivity index is 2.07. The molecule has 0 aromatic heterocycles. The molecule has 2 rings (SSSR count). The van der Waals surface area contributed by atoms with Crippen molar-refractivity contribution in [3.8, 4) is 0 Å². The van der Waals surface area contributed by atoms with Crippen molar-refractivity contribution in [3.05, 3.63) is 27.6 Å². The zero-order valence-electron chi connectivity index (χ0n) is 9.94. The molecular formula is C12H12FIN2O3. The second-order valence-corrected chi connectivity index (χ2v) is 5.38. The number of nitrogens with zero attached hydrogens (tertiary/aromatic N) is 1. The van der Waals surface area contributed by atoms with E-state index in [1.165, 1.54) is 11.0 Å². The van der Waals surface area contributed by atoms with Crippen LogP contribution in [0, 0.1) is 9.39 Å². The van der Waals surface area contributed by atoms with Gasteiger partial charge in [0, 0.05) is 9.99 Å². The largest absolute Gasteiger partial charge is 0.444 e. The number of benzene rings is 1. The molecule has 2 N–H and O–H groups in total. The molecule has 2 amide bonds. The van der Waals surface area contributed by atoms with Crippen LogP contribution in [0.4, 0.5) is 14.9 Å². The first kappa shape index (κ1) is 14.0. The summed E-state index contributed by atoms with van der Waals surface area (Å²) in [5.41, 5.74) is 5.49. The summed E-state index contributed by atoms with van der Waals surface area (Å²) in [7, 11) is 0. The standard InChI is InChI=1S/C12H12FIN2O3/c13-9-5-7(1-3-10(9)14)16-6-8(19-12(16)18)2-4-11(15)17/h1,3,5,8H,2,4,6H2,(H2,15,17)/t8-/m0/s1. The van der Waals surface area contributed by atoms with Crippen molar-refractivity contribution < 1.29 is 18.7 Å². The molecule has 1 fully saturated rings. The summed E-state index contributed by atoms with van der Waals surface area (Å²) >= 11 is 1.87. The molecule has 0 saturated carbocycles. The van der Waals surface area contributed by atoms with E-state index >= 15 is 0 Å². The predicted molar refractivity (Wildman–Crippen MR) is 75.2 cm³/mol. The van der Waals surface area contributed by atoms with Gasteiger partial charge in [0.05, 0.1) is 12.2 Å². The van der Waals surface area contributed by atoms with Gasteiger partial charge in [-0.25, -0.2) is 9.18 Å². The van der Waals surface area contributed by atoms with Gasteiger partial charge in [0.25, 0.3) is 0 Å². The number of amides is 2. The molecule has 1 aliphatic rings. The van der Waals surface area contributed by atoms with E-state index < -0.39 is 12.0 Å². The van der Waals surface area contributed by atoms with Crippen molar-refractivity contribution >= 4 is 40.3 Å². The minimum absolute atomic E-state index is 0.160. The normalized spacial score (nSPS) is 18.5. The third-order valence-electron chi connectivity index (χ3n) is 2.80. The third-order valence-corrected chi connectivity index (χ3v) is 3.68. The fourth-order valence-corrected chi connectivity index (χ4v) is 2.17. The Kier molecular flexibility index (Phi) is 4.23. The number of cyclic esters (lactones) is 1. The van der Waals surface area contributed by atoms with Crippen molar-refractivity contribution in [3.63, 3.8) is 0 Å². The van der Waals surface area contributed by atoms with Gasteiger partial charge < -0.3 is 10.5 Å². The van der Waals surface area contributed by atoms with Crippen molar-refractivity contribution in [1.82, 2.24) is 0 Å². The van der Waals surface area contributed by atoms with Gasteiger partial charge in [0.2, 0.25) is 5.91 Å². The maximum absolute atomic E-state index is 13.5. The molecule has 0 spiro atoms. The number of carbonyl (C=O) groups is 2. The molecule has 7 heteroatoms. The number of hydrogen-bond acceptors (Lipinski definition) is 3. The monoisotopic (exact) mass is 378 g/mol. The van der Waals surface area contributed by atoms with Crippen LogP contribution in [-0.4, -0.2) is 24.6 Å². The van der Waals surface area contributed by atoms with E-state index in [2.05, 4.69) is 0 Å². The van der Waals surface area contributed by atoms with Gasteiger partial charge in [-0.3, -0.25) is 9.69 Å². The first-order valence-corrected chi connectivity index (χ1v) is 6.76. The average molecular weight is 378 g/mol. The number of carbonyl (C=O) groups excluding carboxylic acids is 2. The van der Waals surface area contributed by atoms with Gasteiger partial charge in [0.1, 0.15) is 11.9 Å². The van der Waals surface area contributed by atoms with Crippen LogP contribution in [0.3, 0.4) is 0 Å². The lowest BCUT2D eigenvalue weighted by Gasteiger charge is -2.13. The molecule has 0 aliphatic carbocycles. The summed E-state index contributed by atoms with van der Waals surface area (Å²) in [6.45, 7) is 0.298. The third kappa shape index (κ3) is 3.34. The first-order chi connectivity index (χ1) is 8.97. The van der Waals surface area contributed by atoms with E-state index in [0.29, 0.717) is 22.2 Å². The maximum atomic E-state index is 13.5. The van der Waals surface area contributed by atoms with Crippen LogP contribution in [0.1, 0.15) is 12.8 Å². The maximum Gasteiger partial charge on any atom is 0.414 e. The van der Waals surface area contributed by atoms with E-state index in [9.17, 15) is 14.0 Å². The van der Waals surface area contributed by atoms with Crippen LogP contribution in [0.2, 0.25) is 0 Å². The van der Waals surface area contributed by atoms with Crippen LogP contribution in [-0.2, 0) is 9.53 Å². The molecule has 102 valence electrons. The van der Waals surface area contributed by atoms with E-state index in [1.54, 1.807) is 12.1 Å². The molecular weight excluding hydrogens is 366 g/mol. The Labute approximate surface area is 123 Å². The summed E-state index contributed by atoms with van der Waals surface area (Å²) in [6, 6.07) is 4.54. The van der Waals surface area contributed by atoms with Gasteiger partial charge in [0.15, 0.2) is 0 Å². The molecule has 1 atom stereocenters. The molecule has 1 aromatic rings. The highest BCUT2D eigenvalue weighted by Crippen LogP contribution is 2.25. The van der Waals surface area contributed by atoms with E-state index in [0.717, 1.165) is 0 Å². The van der Waals surface area contributed by atoms with E-state index in [-0.39, 0.29) is 18.3 Å². The quantitative estimate of drug-likeness (QED) is 0.815. The highest BCUT2D eigenvalue weighted by Gasteiger charge is 2.32. The first-order valence-electron chi connectivity index (χ1n) is 5.69. The van der Waals surface area contributed by atoms with Crippen molar-refractivity contribution in [1.29, 1.82) is 0 Å². The van der Waals surface area contributed by atoms with Gasteiger partial charge in [-0.1, -0.05) is 0 Å². The zero-order valence-corrected chi connectivity index (χ0v) is 12.1. The van der Waals surface area contributed by atoms with Gasteiger partial charge in [-0.05, 0) is 47.2 Å². The number of rotatable bonds is 4. The molecule has 1 heterocycles. The topological polar surface area (TPSA) is 72.6 Å². The number of nitrogens with two attached hydrogens (primary N) is 1. The number of anilines is 1. The minimum Gasteiger partial charge on any atom is -0.444 e. The zero-order chi connectivity index (χ0) is 14.0. The summed E-state index contributed by atoms with van der Waals surface area (Å²) in [5.74, 6) is -0.818. The molecule has 0 unspecified atom stereocenters. The van der Waals surface area contributed by atoms with Crippen LogP contribution in [0.5, 0.6) is 0 Å². The molecule has 5 nitrogen and oxygen atoms in total. The summed E-state index contributed by atoms with van der Waals surface area (Å²) in [6.07, 6.45) is -0.380. The number of hydrogen-bond donors (Lipinski definition) is 1. The van der Waals surface area contributed by atoms with Crippen molar-refractivity contribution in [2.45, 2.75) is 18.9 Å². The lowest BCUT2D eigenvalue weighted by Crippen LogP contribution is -2.25. The second kappa shape index (κ2) is 5.72. The van der Waals surface area contributed by atoms with Crippen molar-refractivity contribution in [2.75, 3.05) is 11.4 Å². The van der Waals surface area contributed by atoms with Crippen molar-refractivity contribution in [2.24, 2.45) is 5.73 Å². The van der Waals surface area contributed by atoms with E-state index in [4.69, 9.17) is 10.5 Å². The molecule has 0 bridgehead atoms. The summed E-state index contributed by atoms with van der Waals surface area (Å²) in [4.78, 5) is 23.7. The van der Waals surface area contributed by atoms with Crippen LogP contribution in [0.15, 0.2) is 18.2 Å². The predicted octanol–water partition coefficient (Wildman–Crippen LogP) is 2.02. The van der Waals surface area contributed by atoms with Gasteiger partial charge in [-0.15, -0.1) is 0 Å². The molecule has 1 aliphatic heterocycles. The number of ether oxygens (including phenoxy) is 1. The Hall–Kier alpha value is -1.38. The second-order valence-electron chi connectivity index (χ2n) is 4.22. The van der Waals surface area contributed by atoms with Crippen LogP contribution in [0.25, 0.3) is 0 Å². The summed E-state index contributed by atoms with van der Waals surface area (Å²) in [5, 5.41) is 0. The molecule has 1 aromatic carbocycles. The average Bonchev–Trinajstić information content (AvgIpc) is 2.72. The SMILES string of the molecule is NC(=O)CC[C@H]1CN(c2ccc(I)c(F)c2)C(=O)O1. The fraction of sp³-hybridized carbons (Fsp3) is 0.333. The Bertz CT molecular complexity index is 524. The Morgan fingerprint density at radius 3 is 2.95 bits per heavy atom. The van der Waals surface area contributed by atoms with Crippen LogP contribution < -0.4 is 10.6 Å². The molecule has 19 heavy (non-hydrogen) atoms. The smallest absolute Gasteiger partial charge is 0.414 e. The lowest BCUT2D eigenvalue weighted by molar-refractivity contribution is -0.118. The van der Waals surface area contributed by atoms with Gasteiger partial charge >= 0.3 is 6.09 Å². The number of halogens is 2. The minimum atomic E-state index is -0.532.